The minimum atomic E-state index is 0.149. The molecule has 2 aromatic rings. The minimum Gasteiger partial charge on any atom is -0.340 e. The molecule has 1 fully saturated rings. The maximum atomic E-state index is 12.7. The lowest BCUT2D eigenvalue weighted by atomic mass is 10.1. The van der Waals surface area contributed by atoms with Crippen molar-refractivity contribution >= 4 is 16.8 Å². The Balaban J connectivity index is 1.96. The van der Waals surface area contributed by atoms with Crippen LogP contribution in [-0.2, 0) is 7.05 Å². The van der Waals surface area contributed by atoms with Crippen LogP contribution in [0.15, 0.2) is 24.3 Å². The second kappa shape index (κ2) is 4.94. The summed E-state index contributed by atoms with van der Waals surface area (Å²) in [6, 6.07) is 8.24. The molecule has 1 aliphatic rings. The highest BCUT2D eigenvalue weighted by molar-refractivity contribution is 5.99. The van der Waals surface area contributed by atoms with Gasteiger partial charge in [-0.05, 0) is 31.7 Å². The van der Waals surface area contributed by atoms with Gasteiger partial charge in [-0.1, -0.05) is 12.1 Å². The van der Waals surface area contributed by atoms with Crippen LogP contribution in [0.3, 0.4) is 0 Å². The van der Waals surface area contributed by atoms with Gasteiger partial charge in [-0.15, -0.1) is 0 Å². The summed E-state index contributed by atoms with van der Waals surface area (Å²) in [5, 5.41) is 1.17. The minimum absolute atomic E-state index is 0.149. The third kappa shape index (κ3) is 2.10. The van der Waals surface area contributed by atoms with Gasteiger partial charge >= 0.3 is 0 Å². The Morgan fingerprint density at radius 1 is 1.10 bits per heavy atom. The maximum absolute atomic E-state index is 12.7. The molecule has 20 heavy (non-hydrogen) atoms. The van der Waals surface area contributed by atoms with Crippen molar-refractivity contribution in [1.82, 2.24) is 14.4 Å². The molecule has 0 bridgehead atoms. The fourth-order valence-electron chi connectivity index (χ4n) is 2.89. The summed E-state index contributed by atoms with van der Waals surface area (Å²) < 4.78 is 2.02. The number of amides is 1. The fourth-order valence-corrected chi connectivity index (χ4v) is 2.89. The topological polar surface area (TPSA) is 28.5 Å². The molecule has 4 nitrogen and oxygen atoms in total. The summed E-state index contributed by atoms with van der Waals surface area (Å²) in [6.45, 7) is 5.63. The Bertz CT molecular complexity index is 651. The van der Waals surface area contributed by atoms with Crippen molar-refractivity contribution in [1.29, 1.82) is 0 Å². The van der Waals surface area contributed by atoms with Crippen molar-refractivity contribution in [3.05, 3.63) is 35.5 Å². The molecule has 0 atom stereocenters. The van der Waals surface area contributed by atoms with E-state index in [0.29, 0.717) is 0 Å². The second-order valence-electron chi connectivity index (χ2n) is 5.69. The quantitative estimate of drug-likeness (QED) is 0.792. The van der Waals surface area contributed by atoms with Crippen LogP contribution in [0.2, 0.25) is 0 Å². The van der Waals surface area contributed by atoms with Crippen LogP contribution in [0, 0.1) is 6.92 Å². The Kier molecular flexibility index (Phi) is 3.26. The number of hydrogen-bond acceptors (Lipinski definition) is 2. The Labute approximate surface area is 119 Å². The average Bonchev–Trinajstić information content (AvgIpc) is 2.78. The average molecular weight is 271 g/mol. The lowest BCUT2D eigenvalue weighted by molar-refractivity contribution is 0.0655. The summed E-state index contributed by atoms with van der Waals surface area (Å²) >= 11 is 0. The molecule has 3 rings (SSSR count). The van der Waals surface area contributed by atoms with Crippen molar-refractivity contribution in [3.8, 4) is 0 Å². The largest absolute Gasteiger partial charge is 0.340 e. The first-order valence-electron chi connectivity index (χ1n) is 7.11. The molecule has 1 saturated heterocycles. The van der Waals surface area contributed by atoms with E-state index < -0.39 is 0 Å². The molecule has 0 aliphatic carbocycles. The second-order valence-corrected chi connectivity index (χ2v) is 5.69. The van der Waals surface area contributed by atoms with Gasteiger partial charge in [-0.25, -0.2) is 0 Å². The standard InChI is InChI=1S/C16H21N3O/c1-12-5-4-6-14-13(12)11-15(18(14)3)16(20)19-9-7-17(2)8-10-19/h4-6,11H,7-10H2,1-3H3. The number of nitrogens with zero attached hydrogens (tertiary/aromatic N) is 3. The van der Waals surface area contributed by atoms with Crippen molar-refractivity contribution in [2.45, 2.75) is 6.92 Å². The SMILES string of the molecule is Cc1cccc2c1cc(C(=O)N1CCN(C)CC1)n2C. The number of rotatable bonds is 1. The highest BCUT2D eigenvalue weighted by Gasteiger charge is 2.23. The summed E-state index contributed by atoms with van der Waals surface area (Å²) in [4.78, 5) is 16.9. The number of fused-ring (bicyclic) bond motifs is 1. The smallest absolute Gasteiger partial charge is 0.270 e. The number of aromatic nitrogens is 1. The summed E-state index contributed by atoms with van der Waals surface area (Å²) in [6.07, 6.45) is 0. The van der Waals surface area contributed by atoms with Gasteiger partial charge in [0.1, 0.15) is 5.69 Å². The number of piperazine rings is 1. The molecule has 1 aliphatic heterocycles. The van der Waals surface area contributed by atoms with E-state index in [9.17, 15) is 4.79 Å². The van der Waals surface area contributed by atoms with Gasteiger partial charge in [0.2, 0.25) is 0 Å². The third-order valence-corrected chi connectivity index (χ3v) is 4.31. The Hall–Kier alpha value is -1.81. The molecule has 1 aromatic carbocycles. The molecule has 0 unspecified atom stereocenters. The zero-order chi connectivity index (χ0) is 14.3. The molecule has 0 spiro atoms. The fraction of sp³-hybridized carbons (Fsp3) is 0.438. The van der Waals surface area contributed by atoms with Crippen LogP contribution >= 0.6 is 0 Å². The van der Waals surface area contributed by atoms with Crippen LogP contribution in [0.25, 0.3) is 10.9 Å². The first-order valence-corrected chi connectivity index (χ1v) is 7.11. The molecular formula is C16H21N3O. The molecular weight excluding hydrogens is 250 g/mol. The van der Waals surface area contributed by atoms with E-state index in [4.69, 9.17) is 0 Å². The normalized spacial score (nSPS) is 16.9. The molecule has 106 valence electrons. The highest BCUT2D eigenvalue weighted by Crippen LogP contribution is 2.23. The van der Waals surface area contributed by atoms with Crippen LogP contribution in [0.4, 0.5) is 0 Å². The number of aryl methyl sites for hydroxylation is 2. The van der Waals surface area contributed by atoms with Crippen molar-refractivity contribution < 1.29 is 4.79 Å². The van der Waals surface area contributed by atoms with Crippen LogP contribution in [0.5, 0.6) is 0 Å². The van der Waals surface area contributed by atoms with Crippen LogP contribution < -0.4 is 0 Å². The molecule has 2 heterocycles. The van der Waals surface area contributed by atoms with E-state index in [2.05, 4.69) is 31.0 Å². The third-order valence-electron chi connectivity index (χ3n) is 4.31. The van der Waals surface area contributed by atoms with E-state index in [0.717, 1.165) is 37.4 Å². The number of carbonyl (C=O) groups excluding carboxylic acids is 1. The monoisotopic (exact) mass is 271 g/mol. The molecule has 0 N–H and O–H groups in total. The molecule has 0 radical (unpaired) electrons. The van der Waals surface area contributed by atoms with E-state index in [1.54, 1.807) is 0 Å². The van der Waals surface area contributed by atoms with Gasteiger partial charge in [0.15, 0.2) is 0 Å². The zero-order valence-electron chi connectivity index (χ0n) is 12.4. The molecule has 1 aromatic heterocycles. The highest BCUT2D eigenvalue weighted by atomic mass is 16.2. The number of hydrogen-bond donors (Lipinski definition) is 0. The van der Waals surface area contributed by atoms with Gasteiger partial charge in [0.05, 0.1) is 0 Å². The molecule has 1 amide bonds. The number of likely N-dealkylation sites (N-methyl/N-ethyl adjacent to an activating group) is 1. The number of carbonyl (C=O) groups is 1. The van der Waals surface area contributed by atoms with Gasteiger partial charge in [0, 0.05) is 44.1 Å². The first-order chi connectivity index (χ1) is 9.58. The summed E-state index contributed by atoms with van der Waals surface area (Å²) in [5.74, 6) is 0.149. The zero-order valence-corrected chi connectivity index (χ0v) is 12.4. The molecule has 4 heteroatoms. The van der Waals surface area contributed by atoms with Gasteiger partial charge in [-0.3, -0.25) is 4.79 Å². The van der Waals surface area contributed by atoms with Crippen LogP contribution in [-0.4, -0.2) is 53.5 Å². The maximum Gasteiger partial charge on any atom is 0.270 e. The van der Waals surface area contributed by atoms with Crippen molar-refractivity contribution in [2.75, 3.05) is 33.2 Å². The van der Waals surface area contributed by atoms with E-state index in [-0.39, 0.29) is 5.91 Å². The van der Waals surface area contributed by atoms with E-state index in [1.165, 1.54) is 10.9 Å². The summed E-state index contributed by atoms with van der Waals surface area (Å²) in [7, 11) is 4.08. The van der Waals surface area contributed by atoms with Crippen molar-refractivity contribution in [2.24, 2.45) is 7.05 Å². The predicted octanol–water partition coefficient (Wildman–Crippen LogP) is 1.87. The van der Waals surface area contributed by atoms with E-state index >= 15 is 0 Å². The molecule has 0 saturated carbocycles. The van der Waals surface area contributed by atoms with Gasteiger partial charge < -0.3 is 14.4 Å². The summed E-state index contributed by atoms with van der Waals surface area (Å²) in [5.41, 5.74) is 3.14. The van der Waals surface area contributed by atoms with Crippen molar-refractivity contribution in [3.63, 3.8) is 0 Å². The van der Waals surface area contributed by atoms with E-state index in [1.807, 2.05) is 28.6 Å². The predicted molar refractivity (Wildman–Crippen MR) is 81.1 cm³/mol. The first kappa shape index (κ1) is 13.2. The Morgan fingerprint density at radius 3 is 2.45 bits per heavy atom. The Morgan fingerprint density at radius 2 is 1.80 bits per heavy atom. The van der Waals surface area contributed by atoms with Gasteiger partial charge in [-0.2, -0.15) is 0 Å². The number of benzene rings is 1. The lowest BCUT2D eigenvalue weighted by Gasteiger charge is -2.32. The van der Waals surface area contributed by atoms with Crippen LogP contribution in [0.1, 0.15) is 16.1 Å². The lowest BCUT2D eigenvalue weighted by Crippen LogP contribution is -2.47. The van der Waals surface area contributed by atoms with Gasteiger partial charge in [0.25, 0.3) is 5.91 Å².